The third-order valence-corrected chi connectivity index (χ3v) is 4.15. The second-order valence-corrected chi connectivity index (χ2v) is 5.60. The van der Waals surface area contributed by atoms with Crippen LogP contribution in [0.1, 0.15) is 23.7 Å². The van der Waals surface area contributed by atoms with E-state index >= 15 is 0 Å². The molecule has 1 aromatic carbocycles. The fraction of sp³-hybridized carbons (Fsp3) is 0.500. The van der Waals surface area contributed by atoms with Crippen molar-refractivity contribution >= 4 is 10.9 Å². The standard InChI is InChI=1S/C16H19F3N2O2/c1-2-23-15(22)9-21-13-4-3-10(16(17,18)19)7-11(13)12-8-20-6-5-14(12)21/h3-4,7,15,20,22H,2,5-6,8-9H2,1H3. The van der Waals surface area contributed by atoms with E-state index in [1.54, 1.807) is 6.92 Å². The smallest absolute Gasteiger partial charge is 0.366 e. The highest BCUT2D eigenvalue weighted by Crippen LogP contribution is 2.35. The lowest BCUT2D eigenvalue weighted by molar-refractivity contribution is -0.137. The summed E-state index contributed by atoms with van der Waals surface area (Å²) >= 11 is 0. The second-order valence-electron chi connectivity index (χ2n) is 5.60. The van der Waals surface area contributed by atoms with Gasteiger partial charge in [-0.05, 0) is 30.7 Å². The van der Waals surface area contributed by atoms with E-state index < -0.39 is 18.0 Å². The van der Waals surface area contributed by atoms with Gasteiger partial charge in [-0.1, -0.05) is 0 Å². The van der Waals surface area contributed by atoms with E-state index in [0.29, 0.717) is 30.5 Å². The Balaban J connectivity index is 2.12. The van der Waals surface area contributed by atoms with Crippen LogP contribution in [0.2, 0.25) is 0 Å². The van der Waals surface area contributed by atoms with Crippen molar-refractivity contribution < 1.29 is 23.0 Å². The van der Waals surface area contributed by atoms with Crippen molar-refractivity contribution in [3.05, 3.63) is 35.0 Å². The number of aliphatic hydroxyl groups excluding tert-OH is 1. The van der Waals surface area contributed by atoms with Crippen LogP contribution in [0.4, 0.5) is 13.2 Å². The third-order valence-electron chi connectivity index (χ3n) is 4.15. The van der Waals surface area contributed by atoms with Crippen LogP contribution in [-0.2, 0) is 30.4 Å². The van der Waals surface area contributed by atoms with E-state index in [2.05, 4.69) is 5.32 Å². The number of aromatic nitrogens is 1. The fourth-order valence-corrected chi connectivity index (χ4v) is 3.17. The fourth-order valence-electron chi connectivity index (χ4n) is 3.17. The second kappa shape index (κ2) is 6.14. The predicted octanol–water partition coefficient (Wildman–Crippen LogP) is 2.66. The summed E-state index contributed by atoms with van der Waals surface area (Å²) in [5, 5.41) is 13.7. The molecule has 0 aliphatic carbocycles. The molecule has 2 heterocycles. The maximum absolute atomic E-state index is 13.0. The summed E-state index contributed by atoms with van der Waals surface area (Å²) < 4.78 is 46.0. The molecule has 0 spiro atoms. The Morgan fingerprint density at radius 2 is 2.17 bits per heavy atom. The molecule has 1 atom stereocenters. The summed E-state index contributed by atoms with van der Waals surface area (Å²) in [6.45, 7) is 3.67. The summed E-state index contributed by atoms with van der Waals surface area (Å²) in [5.74, 6) is 0. The normalized spacial score (nSPS) is 16.6. The number of ether oxygens (including phenoxy) is 1. The van der Waals surface area contributed by atoms with Crippen molar-refractivity contribution in [2.45, 2.75) is 38.9 Å². The molecule has 0 amide bonds. The highest BCUT2D eigenvalue weighted by Gasteiger charge is 2.32. The number of nitrogens with one attached hydrogen (secondary N) is 1. The number of halogens is 3. The molecule has 1 aliphatic rings. The molecule has 0 saturated heterocycles. The van der Waals surface area contributed by atoms with Crippen LogP contribution in [0.3, 0.4) is 0 Å². The van der Waals surface area contributed by atoms with Crippen molar-refractivity contribution in [3.8, 4) is 0 Å². The van der Waals surface area contributed by atoms with E-state index in [0.717, 1.165) is 23.9 Å². The van der Waals surface area contributed by atoms with Crippen LogP contribution in [0.5, 0.6) is 0 Å². The molecule has 0 radical (unpaired) electrons. The number of rotatable bonds is 4. The molecule has 0 bridgehead atoms. The van der Waals surface area contributed by atoms with E-state index in [-0.39, 0.29) is 6.54 Å². The van der Waals surface area contributed by atoms with Crippen LogP contribution in [0.15, 0.2) is 18.2 Å². The topological polar surface area (TPSA) is 46.4 Å². The number of hydrogen-bond donors (Lipinski definition) is 2. The molecular weight excluding hydrogens is 309 g/mol. The van der Waals surface area contributed by atoms with Crippen LogP contribution < -0.4 is 5.32 Å². The van der Waals surface area contributed by atoms with Crippen LogP contribution in [0.25, 0.3) is 10.9 Å². The largest absolute Gasteiger partial charge is 0.416 e. The van der Waals surface area contributed by atoms with Gasteiger partial charge in [0.15, 0.2) is 6.29 Å². The first-order valence-electron chi connectivity index (χ1n) is 7.63. The molecule has 4 nitrogen and oxygen atoms in total. The molecule has 2 N–H and O–H groups in total. The van der Waals surface area contributed by atoms with Gasteiger partial charge in [0.05, 0.1) is 12.1 Å². The van der Waals surface area contributed by atoms with Crippen molar-refractivity contribution in [3.63, 3.8) is 0 Å². The summed E-state index contributed by atoms with van der Waals surface area (Å²) in [5.41, 5.74) is 1.89. The zero-order valence-corrected chi connectivity index (χ0v) is 12.8. The maximum Gasteiger partial charge on any atom is 0.416 e. The zero-order valence-electron chi connectivity index (χ0n) is 12.8. The number of nitrogens with zero attached hydrogens (tertiary/aromatic N) is 1. The highest BCUT2D eigenvalue weighted by atomic mass is 19.4. The van der Waals surface area contributed by atoms with Crippen LogP contribution >= 0.6 is 0 Å². The lowest BCUT2D eigenvalue weighted by Crippen LogP contribution is -2.27. The average molecular weight is 328 g/mol. The van der Waals surface area contributed by atoms with Gasteiger partial charge in [0.2, 0.25) is 0 Å². The minimum absolute atomic E-state index is 0.213. The van der Waals surface area contributed by atoms with Gasteiger partial charge in [-0.25, -0.2) is 0 Å². The van der Waals surface area contributed by atoms with Gasteiger partial charge in [0.1, 0.15) is 0 Å². The van der Waals surface area contributed by atoms with Crippen molar-refractivity contribution in [2.75, 3.05) is 13.2 Å². The Labute approximate surface area is 131 Å². The van der Waals surface area contributed by atoms with E-state index in [1.165, 1.54) is 12.1 Å². The number of aliphatic hydroxyl groups is 1. The molecule has 7 heteroatoms. The predicted molar refractivity (Wildman–Crippen MR) is 80.0 cm³/mol. The van der Waals surface area contributed by atoms with E-state index in [9.17, 15) is 18.3 Å². The molecule has 3 rings (SSSR count). The highest BCUT2D eigenvalue weighted by molar-refractivity contribution is 5.86. The first-order valence-corrected chi connectivity index (χ1v) is 7.63. The quantitative estimate of drug-likeness (QED) is 0.848. The minimum atomic E-state index is -4.36. The van der Waals surface area contributed by atoms with Gasteiger partial charge in [-0.3, -0.25) is 0 Å². The molecule has 1 aliphatic heterocycles. The summed E-state index contributed by atoms with van der Waals surface area (Å²) in [4.78, 5) is 0. The first kappa shape index (κ1) is 16.3. The van der Waals surface area contributed by atoms with Gasteiger partial charge in [0, 0.05) is 42.7 Å². The number of alkyl halides is 3. The molecule has 126 valence electrons. The summed E-state index contributed by atoms with van der Waals surface area (Å²) in [6, 6.07) is 3.77. The lowest BCUT2D eigenvalue weighted by Gasteiger charge is -2.19. The van der Waals surface area contributed by atoms with E-state index in [1.807, 2.05) is 4.57 Å². The maximum atomic E-state index is 13.0. The van der Waals surface area contributed by atoms with Gasteiger partial charge < -0.3 is 19.7 Å². The van der Waals surface area contributed by atoms with Gasteiger partial charge in [0.25, 0.3) is 0 Å². The first-order chi connectivity index (χ1) is 10.9. The Morgan fingerprint density at radius 1 is 1.39 bits per heavy atom. The van der Waals surface area contributed by atoms with Gasteiger partial charge >= 0.3 is 6.18 Å². The Morgan fingerprint density at radius 3 is 2.87 bits per heavy atom. The van der Waals surface area contributed by atoms with Gasteiger partial charge in [-0.2, -0.15) is 13.2 Å². The summed E-state index contributed by atoms with van der Waals surface area (Å²) in [7, 11) is 0. The van der Waals surface area contributed by atoms with Crippen LogP contribution in [0, 0.1) is 0 Å². The number of hydrogen-bond acceptors (Lipinski definition) is 3. The summed E-state index contributed by atoms with van der Waals surface area (Å²) in [6.07, 6.45) is -4.63. The van der Waals surface area contributed by atoms with Crippen molar-refractivity contribution in [1.82, 2.24) is 9.88 Å². The molecule has 23 heavy (non-hydrogen) atoms. The molecule has 1 unspecified atom stereocenters. The minimum Gasteiger partial charge on any atom is -0.366 e. The van der Waals surface area contributed by atoms with Crippen LogP contribution in [-0.4, -0.2) is 29.1 Å². The molecule has 0 saturated carbocycles. The Bertz CT molecular complexity index is 709. The third kappa shape index (κ3) is 3.08. The monoisotopic (exact) mass is 328 g/mol. The zero-order chi connectivity index (χ0) is 16.6. The van der Waals surface area contributed by atoms with Gasteiger partial charge in [-0.15, -0.1) is 0 Å². The SMILES string of the molecule is CCOC(O)Cn1c2c(c3cc(C(F)(F)F)ccc31)CNCC2. The Hall–Kier alpha value is -1.57. The molecule has 2 aromatic rings. The lowest BCUT2D eigenvalue weighted by atomic mass is 10.0. The number of benzene rings is 1. The number of fused-ring (bicyclic) bond motifs is 3. The van der Waals surface area contributed by atoms with Crippen molar-refractivity contribution in [2.24, 2.45) is 0 Å². The Kier molecular flexibility index (Phi) is 4.35. The average Bonchev–Trinajstić information content (AvgIpc) is 2.81. The van der Waals surface area contributed by atoms with E-state index in [4.69, 9.17) is 4.74 Å². The molecule has 0 fully saturated rings. The molecular formula is C16H19F3N2O2. The van der Waals surface area contributed by atoms with Crippen molar-refractivity contribution in [1.29, 1.82) is 0 Å². The molecule has 1 aromatic heterocycles.